The molecule has 0 amide bonds. The third-order valence-electron chi connectivity index (χ3n) is 1.85. The molecule has 0 aliphatic heterocycles. The summed E-state index contributed by atoms with van der Waals surface area (Å²) >= 11 is 5.85. The quantitative estimate of drug-likeness (QED) is 0.626. The van der Waals surface area contributed by atoms with E-state index in [0.717, 1.165) is 6.26 Å². The Hall–Kier alpha value is -1.60. The molecule has 1 rings (SSSR count). The molecular weight excluding hydrogens is 276 g/mol. The number of hydrogen-bond acceptors (Lipinski definition) is 3. The summed E-state index contributed by atoms with van der Waals surface area (Å²) < 4.78 is 22.7. The molecule has 0 atom stereocenters. The molecule has 4 N–H and O–H groups in total. The molecule has 0 aliphatic carbocycles. The van der Waals surface area contributed by atoms with E-state index in [-0.39, 0.29) is 21.7 Å². The van der Waals surface area contributed by atoms with Crippen molar-refractivity contribution in [2.45, 2.75) is 11.8 Å². The number of rotatable bonds is 2. The highest BCUT2D eigenvalue weighted by Crippen LogP contribution is 2.26. The largest absolute Gasteiger partial charge is 0.387 e. The number of hydrogen-bond donors (Lipinski definition) is 2. The maximum atomic E-state index is 11.3. The number of amidine groups is 1. The third-order valence-corrected chi connectivity index (χ3v) is 3.43. The number of halogens is 1. The van der Waals surface area contributed by atoms with Crippen LogP contribution in [0.2, 0.25) is 5.02 Å². The van der Waals surface area contributed by atoms with Gasteiger partial charge < -0.3 is 11.5 Å². The summed E-state index contributed by atoms with van der Waals surface area (Å²) in [6.45, 7) is 1.57. The lowest BCUT2D eigenvalue weighted by molar-refractivity contribution is 0.602. The van der Waals surface area contributed by atoms with E-state index in [1.54, 1.807) is 6.92 Å². The van der Waals surface area contributed by atoms with E-state index in [9.17, 15) is 8.42 Å². The van der Waals surface area contributed by atoms with Gasteiger partial charge in [0.2, 0.25) is 5.96 Å². The maximum Gasteiger partial charge on any atom is 0.222 e. The van der Waals surface area contributed by atoms with Crippen LogP contribution in [0.4, 0.5) is 5.69 Å². The fraction of sp³-hybridized carbons (Fsp3) is 0.200. The Kier molecular flexibility index (Phi) is 4.31. The normalized spacial score (nSPS) is 13.7. The van der Waals surface area contributed by atoms with E-state index < -0.39 is 9.84 Å². The Morgan fingerprint density at radius 2 is 1.94 bits per heavy atom. The minimum absolute atomic E-state index is 0.0295. The molecule has 1 aromatic carbocycles. The van der Waals surface area contributed by atoms with Crippen LogP contribution >= 0.6 is 11.6 Å². The van der Waals surface area contributed by atoms with Gasteiger partial charge in [0.25, 0.3) is 0 Å². The van der Waals surface area contributed by atoms with Crippen molar-refractivity contribution in [2.24, 2.45) is 21.5 Å². The molecule has 8 heteroatoms. The molecule has 0 aliphatic rings. The minimum atomic E-state index is -3.36. The molecule has 0 saturated heterocycles. The average Bonchev–Trinajstić information content (AvgIpc) is 2.13. The van der Waals surface area contributed by atoms with E-state index in [1.165, 1.54) is 18.2 Å². The highest BCUT2D eigenvalue weighted by Gasteiger charge is 2.12. The van der Waals surface area contributed by atoms with Crippen molar-refractivity contribution in [3.8, 4) is 0 Å². The van der Waals surface area contributed by atoms with E-state index in [4.69, 9.17) is 23.1 Å². The Morgan fingerprint density at radius 1 is 1.33 bits per heavy atom. The van der Waals surface area contributed by atoms with Crippen LogP contribution in [0.15, 0.2) is 33.1 Å². The first-order valence-electron chi connectivity index (χ1n) is 4.84. The monoisotopic (exact) mass is 288 g/mol. The number of nitrogens with zero attached hydrogens (tertiary/aromatic N) is 2. The number of aliphatic imine (C=N–C) groups is 2. The zero-order chi connectivity index (χ0) is 13.9. The van der Waals surface area contributed by atoms with Gasteiger partial charge in [-0.15, -0.1) is 0 Å². The van der Waals surface area contributed by atoms with Gasteiger partial charge in [0.1, 0.15) is 0 Å². The van der Waals surface area contributed by atoms with Gasteiger partial charge in [0.05, 0.1) is 21.4 Å². The van der Waals surface area contributed by atoms with Crippen molar-refractivity contribution in [1.29, 1.82) is 0 Å². The predicted octanol–water partition coefficient (Wildman–Crippen LogP) is 1.07. The Labute approximate surface area is 110 Å². The average molecular weight is 289 g/mol. The summed E-state index contributed by atoms with van der Waals surface area (Å²) in [5.74, 6) is 0.244. The van der Waals surface area contributed by atoms with E-state index in [1.807, 2.05) is 0 Å². The van der Waals surface area contributed by atoms with Gasteiger partial charge in [-0.05, 0) is 25.1 Å². The molecule has 0 radical (unpaired) electrons. The first-order valence-corrected chi connectivity index (χ1v) is 7.11. The molecule has 6 nitrogen and oxygen atoms in total. The van der Waals surface area contributed by atoms with Gasteiger partial charge in [-0.3, -0.25) is 0 Å². The zero-order valence-electron chi connectivity index (χ0n) is 9.88. The molecule has 98 valence electrons. The number of sulfone groups is 1. The van der Waals surface area contributed by atoms with Gasteiger partial charge in [-0.2, -0.15) is 0 Å². The molecular formula is C10H13ClN4O2S. The van der Waals surface area contributed by atoms with Crippen LogP contribution in [-0.4, -0.2) is 26.5 Å². The zero-order valence-corrected chi connectivity index (χ0v) is 11.5. The van der Waals surface area contributed by atoms with Crippen molar-refractivity contribution >= 4 is 38.9 Å². The number of benzene rings is 1. The molecule has 0 heterocycles. The lowest BCUT2D eigenvalue weighted by Gasteiger charge is -2.02. The molecule has 0 bridgehead atoms. The summed E-state index contributed by atoms with van der Waals surface area (Å²) in [4.78, 5) is 7.71. The van der Waals surface area contributed by atoms with Crippen molar-refractivity contribution in [3.63, 3.8) is 0 Å². The number of guanidine groups is 1. The maximum absolute atomic E-state index is 11.3. The van der Waals surface area contributed by atoms with E-state index in [2.05, 4.69) is 9.98 Å². The molecule has 18 heavy (non-hydrogen) atoms. The van der Waals surface area contributed by atoms with Crippen LogP contribution in [0.25, 0.3) is 0 Å². The van der Waals surface area contributed by atoms with E-state index >= 15 is 0 Å². The first-order chi connectivity index (χ1) is 8.20. The highest BCUT2D eigenvalue weighted by molar-refractivity contribution is 7.90. The summed E-state index contributed by atoms with van der Waals surface area (Å²) in [7, 11) is -3.36. The van der Waals surface area contributed by atoms with Gasteiger partial charge in [-0.25, -0.2) is 18.4 Å². The third kappa shape index (κ3) is 4.01. The van der Waals surface area contributed by atoms with Gasteiger partial charge in [0.15, 0.2) is 9.84 Å². The van der Waals surface area contributed by atoms with Crippen LogP contribution in [0.3, 0.4) is 0 Å². The molecule has 1 aromatic rings. The van der Waals surface area contributed by atoms with Crippen molar-refractivity contribution in [1.82, 2.24) is 0 Å². The van der Waals surface area contributed by atoms with Gasteiger partial charge >= 0.3 is 0 Å². The minimum Gasteiger partial charge on any atom is -0.387 e. The predicted molar refractivity (Wildman–Crippen MR) is 73.1 cm³/mol. The van der Waals surface area contributed by atoms with Crippen LogP contribution < -0.4 is 11.5 Å². The number of nitrogens with two attached hydrogens (primary N) is 2. The van der Waals surface area contributed by atoms with Crippen LogP contribution in [-0.2, 0) is 9.84 Å². The second kappa shape index (κ2) is 5.36. The summed E-state index contributed by atoms with van der Waals surface area (Å²) in [5.41, 5.74) is 11.2. The topological polar surface area (TPSA) is 111 Å². The lowest BCUT2D eigenvalue weighted by Crippen LogP contribution is -2.15. The Bertz CT molecular complexity index is 619. The van der Waals surface area contributed by atoms with Crippen molar-refractivity contribution in [2.75, 3.05) is 6.26 Å². The van der Waals surface area contributed by atoms with Gasteiger partial charge in [0, 0.05) is 6.26 Å². The summed E-state index contributed by atoms with van der Waals surface area (Å²) in [5, 5.41) is 0.0833. The smallest absolute Gasteiger partial charge is 0.222 e. The second-order valence-corrected chi connectivity index (χ2v) is 6.00. The Balaban J connectivity index is 3.18. The standard InChI is InChI=1S/C10H13ClN4O2S/c1-6(12)14-10(13)15-7-3-4-9(8(11)5-7)18(2,16)17/h3-5H,1-2H3,(H4,12,13,14,15). The fourth-order valence-corrected chi connectivity index (χ4v) is 2.52. The molecule has 0 spiro atoms. The first kappa shape index (κ1) is 14.5. The van der Waals surface area contributed by atoms with Crippen molar-refractivity contribution in [3.05, 3.63) is 23.2 Å². The van der Waals surface area contributed by atoms with Crippen LogP contribution in [0, 0.1) is 0 Å². The summed E-state index contributed by atoms with van der Waals surface area (Å²) in [6, 6.07) is 4.24. The van der Waals surface area contributed by atoms with Gasteiger partial charge in [-0.1, -0.05) is 11.6 Å². The van der Waals surface area contributed by atoms with E-state index in [0.29, 0.717) is 5.69 Å². The Morgan fingerprint density at radius 3 is 2.39 bits per heavy atom. The molecule has 0 unspecified atom stereocenters. The van der Waals surface area contributed by atoms with Crippen LogP contribution in [0.1, 0.15) is 6.92 Å². The molecule has 0 saturated carbocycles. The molecule has 0 fully saturated rings. The highest BCUT2D eigenvalue weighted by atomic mass is 35.5. The van der Waals surface area contributed by atoms with Crippen molar-refractivity contribution < 1.29 is 8.42 Å². The fourth-order valence-electron chi connectivity index (χ4n) is 1.20. The van der Waals surface area contributed by atoms with Crippen LogP contribution in [0.5, 0.6) is 0 Å². The lowest BCUT2D eigenvalue weighted by atomic mass is 10.3. The summed E-state index contributed by atoms with van der Waals surface area (Å²) in [6.07, 6.45) is 1.08. The molecule has 0 aromatic heterocycles. The SMILES string of the molecule is C/C(N)=N\C(N)=Nc1ccc(S(C)(=O)=O)c(Cl)c1. The second-order valence-electron chi connectivity index (χ2n) is 3.61.